The summed E-state index contributed by atoms with van der Waals surface area (Å²) in [6, 6.07) is 24.4. The van der Waals surface area contributed by atoms with Crippen LogP contribution in [0.5, 0.6) is 5.75 Å². The zero-order chi connectivity index (χ0) is 22.7. The summed E-state index contributed by atoms with van der Waals surface area (Å²) in [5, 5.41) is 3.20. The largest absolute Gasteiger partial charge is 0.496 e. The molecule has 1 N–H and O–H groups in total. The molecule has 0 aliphatic carbocycles. The van der Waals surface area contributed by atoms with Crippen molar-refractivity contribution in [3.8, 4) is 5.75 Å². The van der Waals surface area contributed by atoms with Crippen LogP contribution in [-0.4, -0.2) is 37.9 Å². The Bertz CT molecular complexity index is 1170. The van der Waals surface area contributed by atoms with Crippen molar-refractivity contribution in [1.29, 1.82) is 0 Å². The van der Waals surface area contributed by atoms with E-state index < -0.39 is 0 Å². The highest BCUT2D eigenvalue weighted by molar-refractivity contribution is 6.36. The van der Waals surface area contributed by atoms with Gasteiger partial charge in [-0.3, -0.25) is 14.5 Å². The number of anilines is 2. The van der Waals surface area contributed by atoms with Crippen molar-refractivity contribution in [2.24, 2.45) is 0 Å². The number of carbonyl (C=O) groups excluding carboxylic acids is 2. The molecule has 0 bridgehead atoms. The van der Waals surface area contributed by atoms with E-state index in [0.717, 1.165) is 16.9 Å². The number of hydrogen-bond donors (Lipinski definition) is 1. The Morgan fingerprint density at radius 1 is 0.844 bits per heavy atom. The molecule has 1 heterocycles. The highest BCUT2D eigenvalue weighted by Gasteiger charge is 2.40. The second-order valence-electron chi connectivity index (χ2n) is 7.70. The maximum atomic E-state index is 13.5. The molecule has 0 spiro atoms. The minimum absolute atomic E-state index is 0.196. The van der Waals surface area contributed by atoms with Gasteiger partial charge >= 0.3 is 0 Å². The molecular weight excluding hydrogens is 402 g/mol. The van der Waals surface area contributed by atoms with Gasteiger partial charge in [-0.05, 0) is 35.9 Å². The van der Waals surface area contributed by atoms with E-state index in [-0.39, 0.29) is 24.1 Å². The molecule has 0 saturated heterocycles. The Morgan fingerprint density at radius 3 is 2.16 bits per heavy atom. The van der Waals surface area contributed by atoms with Crippen LogP contribution in [0.3, 0.4) is 0 Å². The van der Waals surface area contributed by atoms with Crippen LogP contribution in [0.25, 0.3) is 5.57 Å². The number of carbonyl (C=O) groups is 2. The van der Waals surface area contributed by atoms with E-state index in [0.29, 0.717) is 16.9 Å². The summed E-state index contributed by atoms with van der Waals surface area (Å²) in [5.41, 5.74) is 3.77. The van der Waals surface area contributed by atoms with Crippen LogP contribution in [0, 0.1) is 0 Å². The van der Waals surface area contributed by atoms with Crippen molar-refractivity contribution in [1.82, 2.24) is 4.90 Å². The predicted octanol–water partition coefficient (Wildman–Crippen LogP) is 4.15. The minimum atomic E-state index is -0.364. The van der Waals surface area contributed by atoms with Crippen molar-refractivity contribution >= 4 is 28.8 Å². The molecular formula is C26H25N3O3. The molecule has 0 unspecified atom stereocenters. The summed E-state index contributed by atoms with van der Waals surface area (Å²) in [6.45, 7) is 0.196. The Balaban J connectivity index is 1.75. The number of methoxy groups -OCH3 is 1. The van der Waals surface area contributed by atoms with Crippen molar-refractivity contribution in [3.63, 3.8) is 0 Å². The van der Waals surface area contributed by atoms with Crippen LogP contribution in [-0.2, 0) is 16.1 Å². The molecule has 1 aliphatic heterocycles. The SMILES string of the molecule is COc1ccccc1C1=C(Nc2ccc(N(C)C)cc2)C(=O)N(Cc2ccccc2)C1=O. The van der Waals surface area contributed by atoms with E-state index in [9.17, 15) is 9.59 Å². The van der Waals surface area contributed by atoms with Crippen LogP contribution in [0.2, 0.25) is 0 Å². The lowest BCUT2D eigenvalue weighted by Gasteiger charge is -2.16. The number of nitrogens with one attached hydrogen (secondary N) is 1. The van der Waals surface area contributed by atoms with Crippen LogP contribution in [0.4, 0.5) is 11.4 Å². The number of imide groups is 1. The average Bonchev–Trinajstić information content (AvgIpc) is 3.04. The van der Waals surface area contributed by atoms with E-state index in [1.165, 1.54) is 4.90 Å². The van der Waals surface area contributed by atoms with Crippen molar-refractivity contribution in [2.75, 3.05) is 31.4 Å². The maximum absolute atomic E-state index is 13.5. The second kappa shape index (κ2) is 8.98. The number of para-hydroxylation sites is 1. The van der Waals surface area contributed by atoms with E-state index in [2.05, 4.69) is 5.32 Å². The molecule has 4 rings (SSSR count). The van der Waals surface area contributed by atoms with Gasteiger partial charge < -0.3 is 15.0 Å². The van der Waals surface area contributed by atoms with E-state index in [1.54, 1.807) is 19.2 Å². The van der Waals surface area contributed by atoms with E-state index >= 15 is 0 Å². The first kappa shape index (κ1) is 21.2. The van der Waals surface area contributed by atoms with Crippen molar-refractivity contribution in [2.45, 2.75) is 6.54 Å². The number of rotatable bonds is 7. The summed E-state index contributed by atoms with van der Waals surface area (Å²) in [5.74, 6) is -0.181. The molecule has 32 heavy (non-hydrogen) atoms. The normalized spacial score (nSPS) is 13.5. The first-order valence-electron chi connectivity index (χ1n) is 10.3. The molecule has 0 atom stereocenters. The Labute approximate surface area is 187 Å². The molecule has 0 aromatic heterocycles. The van der Waals surface area contributed by atoms with Gasteiger partial charge in [0.15, 0.2) is 0 Å². The zero-order valence-electron chi connectivity index (χ0n) is 18.3. The third-order valence-electron chi connectivity index (χ3n) is 5.38. The average molecular weight is 428 g/mol. The number of benzene rings is 3. The lowest BCUT2D eigenvalue weighted by Crippen LogP contribution is -2.32. The molecule has 1 aliphatic rings. The fourth-order valence-corrected chi connectivity index (χ4v) is 3.69. The van der Waals surface area contributed by atoms with Crippen LogP contribution < -0.4 is 15.0 Å². The van der Waals surface area contributed by atoms with Crippen LogP contribution >= 0.6 is 0 Å². The lowest BCUT2D eigenvalue weighted by atomic mass is 10.0. The fraction of sp³-hybridized carbons (Fsp3) is 0.154. The van der Waals surface area contributed by atoms with Gasteiger partial charge in [0, 0.05) is 31.0 Å². The first-order valence-corrected chi connectivity index (χ1v) is 10.3. The van der Waals surface area contributed by atoms with Gasteiger partial charge in [0.25, 0.3) is 11.8 Å². The summed E-state index contributed by atoms with van der Waals surface area (Å²) in [7, 11) is 5.48. The van der Waals surface area contributed by atoms with E-state index in [4.69, 9.17) is 4.74 Å². The fourth-order valence-electron chi connectivity index (χ4n) is 3.69. The number of hydrogen-bond acceptors (Lipinski definition) is 5. The van der Waals surface area contributed by atoms with Gasteiger partial charge in [-0.25, -0.2) is 0 Å². The highest BCUT2D eigenvalue weighted by Crippen LogP contribution is 2.36. The summed E-state index contributed by atoms with van der Waals surface area (Å²) < 4.78 is 5.49. The van der Waals surface area contributed by atoms with Gasteiger partial charge in [0.2, 0.25) is 0 Å². The molecule has 2 amide bonds. The lowest BCUT2D eigenvalue weighted by molar-refractivity contribution is -0.137. The number of nitrogens with zero attached hydrogens (tertiary/aromatic N) is 2. The van der Waals surface area contributed by atoms with E-state index in [1.807, 2.05) is 85.7 Å². The second-order valence-corrected chi connectivity index (χ2v) is 7.70. The zero-order valence-corrected chi connectivity index (χ0v) is 18.3. The third kappa shape index (κ3) is 4.07. The van der Waals surface area contributed by atoms with Gasteiger partial charge in [-0.1, -0.05) is 48.5 Å². The van der Waals surface area contributed by atoms with Crippen LogP contribution in [0.1, 0.15) is 11.1 Å². The van der Waals surface area contributed by atoms with Gasteiger partial charge in [0.1, 0.15) is 11.4 Å². The summed E-state index contributed by atoms with van der Waals surface area (Å²) >= 11 is 0. The van der Waals surface area contributed by atoms with Crippen molar-refractivity contribution < 1.29 is 14.3 Å². The summed E-state index contributed by atoms with van der Waals surface area (Å²) in [6.07, 6.45) is 0. The van der Waals surface area contributed by atoms with Gasteiger partial charge in [-0.15, -0.1) is 0 Å². The predicted molar refractivity (Wildman–Crippen MR) is 126 cm³/mol. The Kier molecular flexibility index (Phi) is 5.94. The summed E-state index contributed by atoms with van der Waals surface area (Å²) in [4.78, 5) is 30.2. The molecule has 162 valence electrons. The van der Waals surface area contributed by atoms with Gasteiger partial charge in [0.05, 0.1) is 19.2 Å². The Hall–Kier alpha value is -4.06. The molecule has 3 aromatic carbocycles. The topological polar surface area (TPSA) is 61.9 Å². The Morgan fingerprint density at radius 2 is 1.50 bits per heavy atom. The van der Waals surface area contributed by atoms with Crippen LogP contribution in [0.15, 0.2) is 84.6 Å². The molecule has 0 radical (unpaired) electrons. The standard InChI is InChI=1S/C26H25N3O3/c1-28(2)20-15-13-19(14-16-20)27-24-23(21-11-7-8-12-22(21)32-3)25(30)29(26(24)31)17-18-9-5-4-6-10-18/h4-16,27H,17H2,1-3H3. The monoisotopic (exact) mass is 427 g/mol. The first-order chi connectivity index (χ1) is 15.5. The minimum Gasteiger partial charge on any atom is -0.496 e. The maximum Gasteiger partial charge on any atom is 0.278 e. The number of amides is 2. The van der Waals surface area contributed by atoms with Gasteiger partial charge in [-0.2, -0.15) is 0 Å². The molecule has 0 fully saturated rings. The molecule has 0 saturated carbocycles. The number of ether oxygens (including phenoxy) is 1. The van der Waals surface area contributed by atoms with Crippen molar-refractivity contribution in [3.05, 3.63) is 95.7 Å². The smallest absolute Gasteiger partial charge is 0.278 e. The highest BCUT2D eigenvalue weighted by atomic mass is 16.5. The third-order valence-corrected chi connectivity index (χ3v) is 5.38. The molecule has 6 heteroatoms. The molecule has 3 aromatic rings. The quantitative estimate of drug-likeness (QED) is 0.574. The molecule has 6 nitrogen and oxygen atoms in total.